The van der Waals surface area contributed by atoms with E-state index in [1.54, 1.807) is 36.4 Å². The summed E-state index contributed by atoms with van der Waals surface area (Å²) < 4.78 is 14.2. The predicted molar refractivity (Wildman–Crippen MR) is 74.2 cm³/mol. The molecule has 0 heterocycles. The van der Waals surface area contributed by atoms with Gasteiger partial charge < -0.3 is 5.11 Å². The van der Waals surface area contributed by atoms with Gasteiger partial charge in [0.05, 0.1) is 0 Å². The van der Waals surface area contributed by atoms with Gasteiger partial charge >= 0.3 is 0 Å². The molecule has 1 unspecified atom stereocenters. The fourth-order valence-corrected chi connectivity index (χ4v) is 2.10. The maximum Gasteiger partial charge on any atom is 0.170 e. The van der Waals surface area contributed by atoms with Gasteiger partial charge in [0.1, 0.15) is 11.9 Å². The van der Waals surface area contributed by atoms with Gasteiger partial charge in [-0.05, 0) is 23.3 Å². The Hall–Kier alpha value is -1.52. The molecule has 2 aromatic rings. The summed E-state index contributed by atoms with van der Waals surface area (Å²) in [5.41, 5.74) is 0.799. The van der Waals surface area contributed by atoms with Crippen molar-refractivity contribution in [1.29, 1.82) is 0 Å². The van der Waals surface area contributed by atoms with Crippen LogP contribution in [0.2, 0.25) is 0 Å². The van der Waals surface area contributed by atoms with Gasteiger partial charge in [0.15, 0.2) is 5.78 Å². The zero-order valence-electron chi connectivity index (χ0n) is 10.0. The van der Waals surface area contributed by atoms with E-state index in [9.17, 15) is 14.3 Å². The number of aliphatic hydroxyl groups is 1. The van der Waals surface area contributed by atoms with Crippen molar-refractivity contribution in [2.75, 3.05) is 0 Å². The Balaban J connectivity index is 2.13. The van der Waals surface area contributed by atoms with Gasteiger partial charge in [-0.15, -0.1) is 0 Å². The molecule has 0 amide bonds. The van der Waals surface area contributed by atoms with Crippen LogP contribution in [-0.2, 0) is 11.2 Å². The molecule has 4 heteroatoms. The molecule has 2 aromatic carbocycles. The number of aliphatic hydroxyl groups excluding tert-OH is 1. The number of rotatable bonds is 4. The zero-order valence-corrected chi connectivity index (χ0v) is 11.6. The Morgan fingerprint density at radius 3 is 2.53 bits per heavy atom. The minimum atomic E-state index is -1.22. The number of Topliss-reactive ketones (excluding diaryl/α,β-unsaturated/α-hetero) is 1. The van der Waals surface area contributed by atoms with Crippen molar-refractivity contribution in [3.8, 4) is 0 Å². The van der Waals surface area contributed by atoms with Gasteiger partial charge in [0.25, 0.3) is 0 Å². The van der Waals surface area contributed by atoms with Crippen LogP contribution in [-0.4, -0.2) is 10.9 Å². The number of ketones is 1. The third-order valence-corrected chi connectivity index (χ3v) is 3.29. The van der Waals surface area contributed by atoms with E-state index in [4.69, 9.17) is 0 Å². The maximum absolute atomic E-state index is 13.6. The normalized spacial score (nSPS) is 12.2. The Bertz CT molecular complexity index is 584. The second-order valence-electron chi connectivity index (χ2n) is 4.19. The molecule has 0 radical (unpaired) electrons. The molecule has 0 aliphatic carbocycles. The minimum absolute atomic E-state index is 0.130. The lowest BCUT2D eigenvalue weighted by atomic mass is 10.00. The lowest BCUT2D eigenvalue weighted by Crippen LogP contribution is -2.15. The van der Waals surface area contributed by atoms with Crippen molar-refractivity contribution >= 4 is 21.7 Å². The van der Waals surface area contributed by atoms with Crippen LogP contribution >= 0.6 is 15.9 Å². The van der Waals surface area contributed by atoms with Gasteiger partial charge in [-0.25, -0.2) is 4.39 Å². The first-order chi connectivity index (χ1) is 9.08. The fraction of sp³-hybridized carbons (Fsp3) is 0.133. The highest BCUT2D eigenvalue weighted by Crippen LogP contribution is 2.19. The molecule has 0 saturated carbocycles. The molecular weight excluding hydrogens is 311 g/mol. The van der Waals surface area contributed by atoms with Gasteiger partial charge in [0.2, 0.25) is 0 Å². The smallest absolute Gasteiger partial charge is 0.170 e. The summed E-state index contributed by atoms with van der Waals surface area (Å²) in [4.78, 5) is 11.9. The lowest BCUT2D eigenvalue weighted by Gasteiger charge is -2.10. The second-order valence-corrected chi connectivity index (χ2v) is 5.11. The number of halogens is 2. The summed E-state index contributed by atoms with van der Waals surface area (Å²) in [5.74, 6) is -0.879. The Morgan fingerprint density at radius 2 is 1.89 bits per heavy atom. The third-order valence-electron chi connectivity index (χ3n) is 2.80. The highest BCUT2D eigenvalue weighted by Gasteiger charge is 2.18. The van der Waals surface area contributed by atoms with Crippen molar-refractivity contribution in [2.24, 2.45) is 0 Å². The summed E-state index contributed by atoms with van der Waals surface area (Å²) in [5, 5.41) is 9.91. The van der Waals surface area contributed by atoms with Crippen LogP contribution in [0.1, 0.15) is 17.2 Å². The van der Waals surface area contributed by atoms with E-state index >= 15 is 0 Å². The summed E-state index contributed by atoms with van der Waals surface area (Å²) in [6, 6.07) is 13.1. The number of hydrogen-bond acceptors (Lipinski definition) is 2. The Morgan fingerprint density at radius 1 is 1.21 bits per heavy atom. The molecule has 0 spiro atoms. The quantitative estimate of drug-likeness (QED) is 0.936. The maximum atomic E-state index is 13.6. The molecule has 19 heavy (non-hydrogen) atoms. The van der Waals surface area contributed by atoms with Gasteiger partial charge in [0, 0.05) is 10.9 Å². The van der Waals surface area contributed by atoms with E-state index in [1.807, 2.05) is 0 Å². The monoisotopic (exact) mass is 322 g/mol. The van der Waals surface area contributed by atoms with E-state index in [-0.39, 0.29) is 12.0 Å². The number of carbonyl (C=O) groups is 1. The first-order valence-corrected chi connectivity index (χ1v) is 6.57. The molecule has 1 atom stereocenters. The highest BCUT2D eigenvalue weighted by atomic mass is 79.9. The molecule has 98 valence electrons. The molecule has 0 aliphatic heterocycles. The van der Waals surface area contributed by atoms with Crippen molar-refractivity contribution < 1.29 is 14.3 Å². The predicted octanol–water partition coefficient (Wildman–Crippen LogP) is 3.43. The summed E-state index contributed by atoms with van der Waals surface area (Å²) >= 11 is 3.15. The standard InChI is InChI=1S/C15H12BrFO2/c16-12-7-6-11(13(17)9-12)8-14(18)15(19)10-4-2-1-3-5-10/h1-7,9,15,19H,8H2. The molecule has 2 rings (SSSR count). The van der Waals surface area contributed by atoms with Gasteiger partial charge in [-0.1, -0.05) is 52.3 Å². The third kappa shape index (κ3) is 3.49. The van der Waals surface area contributed by atoms with Crippen LogP contribution in [0.25, 0.3) is 0 Å². The zero-order chi connectivity index (χ0) is 13.8. The Labute approximate surface area is 119 Å². The highest BCUT2D eigenvalue weighted by molar-refractivity contribution is 9.10. The van der Waals surface area contributed by atoms with E-state index in [1.165, 1.54) is 12.1 Å². The lowest BCUT2D eigenvalue weighted by molar-refractivity contribution is -0.126. The summed E-state index contributed by atoms with van der Waals surface area (Å²) in [6.45, 7) is 0. The molecule has 2 nitrogen and oxygen atoms in total. The van der Waals surface area contributed by atoms with Crippen LogP contribution in [0.4, 0.5) is 4.39 Å². The average molecular weight is 323 g/mol. The second kappa shape index (κ2) is 6.08. The molecule has 0 saturated heterocycles. The molecular formula is C15H12BrFO2. The molecule has 0 aromatic heterocycles. The number of carbonyl (C=O) groups excluding carboxylic acids is 1. The Kier molecular flexibility index (Phi) is 4.45. The van der Waals surface area contributed by atoms with E-state index < -0.39 is 17.7 Å². The first-order valence-electron chi connectivity index (χ1n) is 5.77. The largest absolute Gasteiger partial charge is 0.381 e. The molecule has 0 aliphatic rings. The van der Waals surface area contributed by atoms with Crippen LogP contribution in [0.3, 0.4) is 0 Å². The summed E-state index contributed by atoms with van der Waals surface area (Å²) in [7, 11) is 0. The van der Waals surface area contributed by atoms with Crippen LogP contribution < -0.4 is 0 Å². The van der Waals surface area contributed by atoms with Crippen LogP contribution in [0, 0.1) is 5.82 Å². The minimum Gasteiger partial charge on any atom is -0.381 e. The van der Waals surface area contributed by atoms with Gasteiger partial charge in [-0.3, -0.25) is 4.79 Å². The van der Waals surface area contributed by atoms with E-state index in [2.05, 4.69) is 15.9 Å². The SMILES string of the molecule is O=C(Cc1ccc(Br)cc1F)C(O)c1ccccc1. The van der Waals surface area contributed by atoms with Crippen LogP contribution in [0.5, 0.6) is 0 Å². The van der Waals surface area contributed by atoms with Crippen molar-refractivity contribution in [2.45, 2.75) is 12.5 Å². The fourth-order valence-electron chi connectivity index (χ4n) is 1.77. The molecule has 0 fully saturated rings. The first kappa shape index (κ1) is 13.9. The van der Waals surface area contributed by atoms with Crippen molar-refractivity contribution in [3.05, 3.63) is 69.9 Å². The van der Waals surface area contributed by atoms with E-state index in [0.717, 1.165) is 0 Å². The average Bonchev–Trinajstić information content (AvgIpc) is 2.42. The van der Waals surface area contributed by atoms with Crippen molar-refractivity contribution in [3.63, 3.8) is 0 Å². The van der Waals surface area contributed by atoms with Crippen molar-refractivity contribution in [1.82, 2.24) is 0 Å². The number of benzene rings is 2. The molecule has 0 bridgehead atoms. The van der Waals surface area contributed by atoms with Crippen LogP contribution in [0.15, 0.2) is 53.0 Å². The van der Waals surface area contributed by atoms with Gasteiger partial charge in [-0.2, -0.15) is 0 Å². The topological polar surface area (TPSA) is 37.3 Å². The number of hydrogen-bond donors (Lipinski definition) is 1. The summed E-state index contributed by atoms with van der Waals surface area (Å²) in [6.07, 6.45) is -1.35. The molecule has 1 N–H and O–H groups in total. The van der Waals surface area contributed by atoms with E-state index in [0.29, 0.717) is 10.0 Å².